The molecule has 31 heavy (non-hydrogen) atoms. The Hall–Kier alpha value is -3.59. The molecule has 1 aliphatic carbocycles. The van der Waals surface area contributed by atoms with Gasteiger partial charge in [-0.1, -0.05) is 56.3 Å². The molecule has 3 heterocycles. The molecular weight excluding hydrogens is 382 g/mol. The van der Waals surface area contributed by atoms with Crippen molar-refractivity contribution in [2.75, 3.05) is 0 Å². The van der Waals surface area contributed by atoms with E-state index in [4.69, 9.17) is 14.1 Å². The highest BCUT2D eigenvalue weighted by atomic mass is 16.5. The average molecular weight is 403 g/mol. The monoisotopic (exact) mass is 403 g/mol. The van der Waals surface area contributed by atoms with Gasteiger partial charge >= 0.3 is 0 Å². The standard InChI is InChI=1S/C28H21NO2/c1-28(2)20-15-16(11-12-17(20)27-25(28)18-7-3-5-9-22(18)31-27)21-13-14-24-26(29-21)19-8-4-6-10-23(19)30-24/h3-15,25,27H,1-2H3. The predicted molar refractivity (Wildman–Crippen MR) is 123 cm³/mol. The highest BCUT2D eigenvalue weighted by Crippen LogP contribution is 2.61. The Morgan fingerprint density at radius 1 is 0.806 bits per heavy atom. The van der Waals surface area contributed by atoms with E-state index in [2.05, 4.69) is 68.4 Å². The van der Waals surface area contributed by atoms with E-state index >= 15 is 0 Å². The highest BCUT2D eigenvalue weighted by Gasteiger charge is 2.52. The van der Waals surface area contributed by atoms with Gasteiger partial charge in [0.15, 0.2) is 5.58 Å². The lowest BCUT2D eigenvalue weighted by Crippen LogP contribution is -2.22. The van der Waals surface area contributed by atoms with Crippen molar-refractivity contribution in [1.82, 2.24) is 4.98 Å². The number of ether oxygens (including phenoxy) is 1. The molecule has 2 aromatic heterocycles. The summed E-state index contributed by atoms with van der Waals surface area (Å²) in [4.78, 5) is 4.99. The zero-order valence-corrected chi connectivity index (χ0v) is 17.4. The van der Waals surface area contributed by atoms with E-state index in [1.54, 1.807) is 0 Å². The van der Waals surface area contributed by atoms with Crippen LogP contribution in [0.1, 0.15) is 42.6 Å². The molecule has 1 aliphatic heterocycles. The number of nitrogens with zero attached hydrogens (tertiary/aromatic N) is 1. The normalized spacial score (nSPS) is 20.5. The minimum atomic E-state index is -0.0188. The Kier molecular flexibility index (Phi) is 3.18. The second-order valence-electron chi connectivity index (χ2n) is 9.22. The fourth-order valence-electron chi connectivity index (χ4n) is 5.66. The molecule has 7 rings (SSSR count). The largest absolute Gasteiger partial charge is 0.485 e. The van der Waals surface area contributed by atoms with E-state index in [1.165, 1.54) is 16.7 Å². The molecule has 2 atom stereocenters. The Balaban J connectivity index is 1.37. The molecule has 5 aromatic rings. The molecule has 0 saturated carbocycles. The number of furan rings is 1. The summed E-state index contributed by atoms with van der Waals surface area (Å²) < 4.78 is 12.4. The summed E-state index contributed by atoms with van der Waals surface area (Å²) in [7, 11) is 0. The van der Waals surface area contributed by atoms with Gasteiger partial charge in [0.1, 0.15) is 23.0 Å². The van der Waals surface area contributed by atoms with Gasteiger partial charge in [0.05, 0.1) is 5.69 Å². The van der Waals surface area contributed by atoms with Gasteiger partial charge in [-0.25, -0.2) is 4.98 Å². The van der Waals surface area contributed by atoms with Gasteiger partial charge in [-0.05, 0) is 47.5 Å². The topological polar surface area (TPSA) is 35.3 Å². The van der Waals surface area contributed by atoms with Gasteiger partial charge in [-0.2, -0.15) is 0 Å². The first-order valence-corrected chi connectivity index (χ1v) is 10.8. The van der Waals surface area contributed by atoms with Crippen LogP contribution in [0.15, 0.2) is 83.3 Å². The molecule has 3 nitrogen and oxygen atoms in total. The van der Waals surface area contributed by atoms with Crippen molar-refractivity contribution in [2.24, 2.45) is 0 Å². The lowest BCUT2D eigenvalue weighted by molar-refractivity contribution is 0.198. The van der Waals surface area contributed by atoms with Crippen molar-refractivity contribution in [3.05, 3.63) is 95.6 Å². The molecule has 0 amide bonds. The number of benzene rings is 3. The molecule has 0 bridgehead atoms. The van der Waals surface area contributed by atoms with E-state index in [9.17, 15) is 0 Å². The van der Waals surface area contributed by atoms with Crippen LogP contribution in [-0.2, 0) is 5.41 Å². The molecule has 0 saturated heterocycles. The molecule has 0 spiro atoms. The lowest BCUT2D eigenvalue weighted by Gasteiger charge is -2.27. The molecule has 0 N–H and O–H groups in total. The van der Waals surface area contributed by atoms with Crippen molar-refractivity contribution in [1.29, 1.82) is 0 Å². The van der Waals surface area contributed by atoms with Crippen LogP contribution < -0.4 is 4.74 Å². The SMILES string of the molecule is CC1(C)c2cc(-c3ccc4oc5ccccc5c4n3)ccc2C2Oc3ccccc3C21. The predicted octanol–water partition coefficient (Wildman–Crippen LogP) is 7.16. The minimum Gasteiger partial charge on any atom is -0.485 e. The van der Waals surface area contributed by atoms with E-state index in [1.807, 2.05) is 24.3 Å². The Labute approximate surface area is 180 Å². The third-order valence-corrected chi connectivity index (χ3v) is 7.16. The first-order chi connectivity index (χ1) is 15.1. The van der Waals surface area contributed by atoms with Crippen LogP contribution in [0, 0.1) is 0 Å². The zero-order chi connectivity index (χ0) is 20.7. The summed E-state index contributed by atoms with van der Waals surface area (Å²) >= 11 is 0. The Morgan fingerprint density at radius 3 is 2.58 bits per heavy atom. The maximum atomic E-state index is 6.41. The Bertz CT molecular complexity index is 1510. The van der Waals surface area contributed by atoms with Gasteiger partial charge in [-0.3, -0.25) is 0 Å². The van der Waals surface area contributed by atoms with Crippen molar-refractivity contribution >= 4 is 22.1 Å². The smallest absolute Gasteiger partial charge is 0.153 e. The van der Waals surface area contributed by atoms with Gasteiger partial charge < -0.3 is 9.15 Å². The summed E-state index contributed by atoms with van der Waals surface area (Å²) in [6.07, 6.45) is 0.0877. The summed E-state index contributed by atoms with van der Waals surface area (Å²) in [6, 6.07) is 27.4. The molecule has 2 aliphatic rings. The quantitative estimate of drug-likeness (QED) is 0.298. The van der Waals surface area contributed by atoms with Crippen molar-refractivity contribution in [3.8, 4) is 17.0 Å². The van der Waals surface area contributed by atoms with E-state index in [0.29, 0.717) is 5.92 Å². The van der Waals surface area contributed by atoms with Crippen molar-refractivity contribution in [2.45, 2.75) is 31.3 Å². The molecular formula is C28H21NO2. The van der Waals surface area contributed by atoms with Crippen LogP contribution >= 0.6 is 0 Å². The van der Waals surface area contributed by atoms with Crippen LogP contribution in [-0.4, -0.2) is 4.98 Å². The van der Waals surface area contributed by atoms with Crippen LogP contribution in [0.2, 0.25) is 0 Å². The molecule has 0 radical (unpaired) electrons. The number of rotatable bonds is 1. The van der Waals surface area contributed by atoms with Crippen LogP contribution in [0.5, 0.6) is 5.75 Å². The average Bonchev–Trinajstić information content (AvgIpc) is 3.42. The second kappa shape index (κ2) is 5.76. The number of para-hydroxylation sites is 2. The number of pyridine rings is 1. The van der Waals surface area contributed by atoms with Crippen LogP contribution in [0.25, 0.3) is 33.3 Å². The fraction of sp³-hybridized carbons (Fsp3) is 0.179. The molecule has 0 fully saturated rings. The van der Waals surface area contributed by atoms with Gasteiger partial charge in [0.2, 0.25) is 0 Å². The number of hydrogen-bond donors (Lipinski definition) is 0. The first kappa shape index (κ1) is 17.1. The highest BCUT2D eigenvalue weighted by molar-refractivity contribution is 6.02. The molecule has 3 heteroatoms. The fourth-order valence-corrected chi connectivity index (χ4v) is 5.66. The molecule has 150 valence electrons. The van der Waals surface area contributed by atoms with Gasteiger partial charge in [0.25, 0.3) is 0 Å². The zero-order valence-electron chi connectivity index (χ0n) is 17.4. The summed E-state index contributed by atoms with van der Waals surface area (Å²) in [6.45, 7) is 4.68. The Morgan fingerprint density at radius 2 is 1.65 bits per heavy atom. The third-order valence-electron chi connectivity index (χ3n) is 7.16. The second-order valence-corrected chi connectivity index (χ2v) is 9.22. The maximum Gasteiger partial charge on any atom is 0.153 e. The number of hydrogen-bond acceptors (Lipinski definition) is 3. The van der Waals surface area contributed by atoms with E-state index in [0.717, 1.165) is 39.1 Å². The van der Waals surface area contributed by atoms with E-state index in [-0.39, 0.29) is 11.5 Å². The first-order valence-electron chi connectivity index (χ1n) is 10.8. The molecule has 3 aromatic carbocycles. The summed E-state index contributed by atoms with van der Waals surface area (Å²) in [5.41, 5.74) is 8.67. The third kappa shape index (κ3) is 2.21. The van der Waals surface area contributed by atoms with Crippen LogP contribution in [0.3, 0.4) is 0 Å². The van der Waals surface area contributed by atoms with Crippen molar-refractivity contribution < 1.29 is 9.15 Å². The summed E-state index contributed by atoms with van der Waals surface area (Å²) in [5.74, 6) is 1.36. The lowest BCUT2D eigenvalue weighted by atomic mass is 9.75. The van der Waals surface area contributed by atoms with Crippen molar-refractivity contribution in [3.63, 3.8) is 0 Å². The van der Waals surface area contributed by atoms with Gasteiger partial charge in [0, 0.05) is 27.8 Å². The van der Waals surface area contributed by atoms with E-state index < -0.39 is 0 Å². The number of aromatic nitrogens is 1. The minimum absolute atomic E-state index is 0.0188. The number of fused-ring (bicyclic) bond motifs is 8. The molecule has 2 unspecified atom stereocenters. The van der Waals surface area contributed by atoms with Crippen LogP contribution in [0.4, 0.5) is 0 Å². The van der Waals surface area contributed by atoms with Gasteiger partial charge in [-0.15, -0.1) is 0 Å². The maximum absolute atomic E-state index is 6.41. The summed E-state index contributed by atoms with van der Waals surface area (Å²) in [5, 5.41) is 1.06.